The molecule has 0 atom stereocenters. The Morgan fingerprint density at radius 2 is 2.16 bits per heavy atom. The van der Waals surface area contributed by atoms with Crippen molar-refractivity contribution in [3.05, 3.63) is 35.7 Å². The van der Waals surface area contributed by atoms with Crippen LogP contribution in [0.15, 0.2) is 29.7 Å². The molecule has 19 heavy (non-hydrogen) atoms. The molecule has 0 radical (unpaired) electrons. The van der Waals surface area contributed by atoms with Gasteiger partial charge in [0.2, 0.25) is 0 Å². The monoisotopic (exact) mass is 272 g/mol. The Labute approximate surface area is 117 Å². The summed E-state index contributed by atoms with van der Waals surface area (Å²) in [7, 11) is 0. The first-order valence-corrected chi connectivity index (χ1v) is 6.90. The summed E-state index contributed by atoms with van der Waals surface area (Å²) in [5.74, 6) is 0. The second-order valence-electron chi connectivity index (χ2n) is 4.12. The van der Waals surface area contributed by atoms with E-state index < -0.39 is 0 Å². The first-order chi connectivity index (χ1) is 9.20. The Kier molecular flexibility index (Phi) is 4.48. The van der Waals surface area contributed by atoms with Crippen molar-refractivity contribution in [2.75, 3.05) is 11.4 Å². The third-order valence-electron chi connectivity index (χ3n) is 2.84. The Morgan fingerprint density at radius 1 is 1.32 bits per heavy atom. The lowest BCUT2D eigenvalue weighted by Crippen LogP contribution is -2.15. The zero-order chi connectivity index (χ0) is 13.7. The third-order valence-corrected chi connectivity index (χ3v) is 3.42. The number of anilines is 1. The third kappa shape index (κ3) is 3.52. The van der Waals surface area contributed by atoms with Crippen LogP contribution in [0.4, 0.5) is 5.69 Å². The van der Waals surface area contributed by atoms with Crippen LogP contribution in [0.5, 0.6) is 0 Å². The molecule has 98 valence electrons. The molecule has 1 N–H and O–H groups in total. The topological polar surface area (TPSA) is 44.8 Å². The van der Waals surface area contributed by atoms with E-state index in [2.05, 4.69) is 65.4 Å². The number of hydrogen-bond donors (Lipinski definition) is 1. The molecule has 1 heterocycles. The first-order valence-electron chi connectivity index (χ1n) is 6.08. The van der Waals surface area contributed by atoms with Crippen molar-refractivity contribution in [1.82, 2.24) is 15.2 Å². The number of thioether (sulfide) groups is 1. The molecule has 0 aliphatic carbocycles. The molecule has 2 aromatic rings. The Hall–Kier alpha value is -1.93. The number of benzene rings is 1. The molecule has 0 saturated heterocycles. The molecular formula is C14H16N4S. The molecular weight excluding hydrogens is 256 g/mol. The van der Waals surface area contributed by atoms with Gasteiger partial charge in [-0.25, -0.2) is 4.98 Å². The van der Waals surface area contributed by atoms with Crippen molar-refractivity contribution in [3.8, 4) is 11.3 Å². The summed E-state index contributed by atoms with van der Waals surface area (Å²) in [5, 5.41) is 10.3. The van der Waals surface area contributed by atoms with Crippen LogP contribution in [0, 0.1) is 25.1 Å². The average Bonchev–Trinajstić information content (AvgIpc) is 2.91. The van der Waals surface area contributed by atoms with E-state index in [9.17, 15) is 0 Å². The van der Waals surface area contributed by atoms with E-state index in [0.29, 0.717) is 5.16 Å². The van der Waals surface area contributed by atoms with Gasteiger partial charge in [0.1, 0.15) is 6.33 Å². The Bertz CT molecular complexity index is 596. The largest absolute Gasteiger partial charge is 0.301 e. The highest BCUT2D eigenvalue weighted by Gasteiger charge is 2.02. The van der Waals surface area contributed by atoms with Crippen molar-refractivity contribution >= 4 is 17.4 Å². The van der Waals surface area contributed by atoms with Crippen LogP contribution in [0.1, 0.15) is 18.1 Å². The van der Waals surface area contributed by atoms with Crippen LogP contribution in [0.3, 0.4) is 0 Å². The summed E-state index contributed by atoms with van der Waals surface area (Å²) in [4.78, 5) is 6.04. The highest BCUT2D eigenvalue weighted by Crippen LogP contribution is 2.18. The molecule has 1 aromatic heterocycles. The molecule has 4 nitrogen and oxygen atoms in total. The van der Waals surface area contributed by atoms with E-state index in [1.807, 2.05) is 4.90 Å². The highest BCUT2D eigenvalue weighted by molar-refractivity contribution is 8.03. The molecule has 0 saturated carbocycles. The number of nitrogens with one attached hydrogen (secondary N) is 1. The van der Waals surface area contributed by atoms with Gasteiger partial charge in [0.15, 0.2) is 5.16 Å². The van der Waals surface area contributed by atoms with Crippen molar-refractivity contribution in [2.24, 2.45) is 0 Å². The summed E-state index contributed by atoms with van der Waals surface area (Å²) in [6, 6.07) is 9.51. The van der Waals surface area contributed by atoms with Crippen molar-refractivity contribution in [2.45, 2.75) is 25.9 Å². The van der Waals surface area contributed by atoms with Crippen molar-refractivity contribution in [1.29, 1.82) is 0 Å². The summed E-state index contributed by atoms with van der Waals surface area (Å²) < 4.78 is 0. The van der Waals surface area contributed by atoms with Gasteiger partial charge in [-0.2, -0.15) is 5.10 Å². The van der Waals surface area contributed by atoms with Crippen LogP contribution >= 0.6 is 11.8 Å². The zero-order valence-corrected chi connectivity index (χ0v) is 12.1. The normalized spacial score (nSPS) is 9.84. The number of hydrogen-bond acceptors (Lipinski definition) is 4. The summed E-state index contributed by atoms with van der Waals surface area (Å²) >= 11 is 1.34. The quantitative estimate of drug-likeness (QED) is 0.530. The van der Waals surface area contributed by atoms with E-state index in [0.717, 1.165) is 12.2 Å². The SMILES string of the molecule is CCN(C#CSc1ncn[nH]1)c1ccc(C)c(C)c1. The van der Waals surface area contributed by atoms with Crippen LogP contribution < -0.4 is 4.90 Å². The number of aromatic nitrogens is 3. The number of nitrogens with zero attached hydrogens (tertiary/aromatic N) is 3. The number of aromatic amines is 1. The van der Waals surface area contributed by atoms with E-state index in [1.54, 1.807) is 0 Å². The number of rotatable bonds is 3. The molecule has 0 amide bonds. The standard InChI is InChI=1S/C14H16N4S/c1-4-18(7-8-19-14-15-10-16-17-14)13-6-5-11(2)12(3)9-13/h5-6,9-10H,4H2,1-3H3,(H,15,16,17). The summed E-state index contributed by atoms with van der Waals surface area (Å²) in [6.45, 7) is 7.15. The fourth-order valence-electron chi connectivity index (χ4n) is 1.59. The highest BCUT2D eigenvalue weighted by atomic mass is 32.2. The van der Waals surface area contributed by atoms with Gasteiger partial charge in [0.05, 0.1) is 0 Å². The summed E-state index contributed by atoms with van der Waals surface area (Å²) in [5.41, 5.74) is 3.70. The van der Waals surface area contributed by atoms with Gasteiger partial charge in [-0.05, 0) is 49.3 Å². The maximum absolute atomic E-state index is 4.01. The maximum Gasteiger partial charge on any atom is 0.196 e. The number of aryl methyl sites for hydroxylation is 2. The van der Waals surface area contributed by atoms with E-state index in [1.165, 1.54) is 29.2 Å². The van der Waals surface area contributed by atoms with E-state index >= 15 is 0 Å². The van der Waals surface area contributed by atoms with Gasteiger partial charge < -0.3 is 4.90 Å². The molecule has 0 aliphatic rings. The molecule has 0 aliphatic heterocycles. The lowest BCUT2D eigenvalue weighted by Gasteiger charge is -2.16. The van der Waals surface area contributed by atoms with E-state index in [-0.39, 0.29) is 0 Å². The minimum atomic E-state index is 0.712. The molecule has 0 bridgehead atoms. The molecule has 0 fully saturated rings. The van der Waals surface area contributed by atoms with Gasteiger partial charge in [-0.15, -0.1) is 0 Å². The zero-order valence-electron chi connectivity index (χ0n) is 11.3. The van der Waals surface area contributed by atoms with Crippen LogP contribution in [0.2, 0.25) is 0 Å². The fraction of sp³-hybridized carbons (Fsp3) is 0.286. The fourth-order valence-corrected chi connectivity index (χ4v) is 2.04. The predicted molar refractivity (Wildman–Crippen MR) is 79.0 cm³/mol. The van der Waals surface area contributed by atoms with Gasteiger partial charge in [-0.1, -0.05) is 6.07 Å². The van der Waals surface area contributed by atoms with Gasteiger partial charge >= 0.3 is 0 Å². The maximum atomic E-state index is 4.01. The van der Waals surface area contributed by atoms with Gasteiger partial charge in [-0.3, -0.25) is 5.10 Å². The average molecular weight is 272 g/mol. The minimum Gasteiger partial charge on any atom is -0.301 e. The van der Waals surface area contributed by atoms with Crippen molar-refractivity contribution < 1.29 is 0 Å². The van der Waals surface area contributed by atoms with E-state index in [4.69, 9.17) is 0 Å². The van der Waals surface area contributed by atoms with Crippen LogP contribution in [-0.2, 0) is 0 Å². The van der Waals surface area contributed by atoms with Crippen LogP contribution in [0.25, 0.3) is 0 Å². The number of H-pyrrole nitrogens is 1. The Balaban J connectivity index is 2.11. The molecule has 0 unspecified atom stereocenters. The van der Waals surface area contributed by atoms with Gasteiger partial charge in [0.25, 0.3) is 0 Å². The second kappa shape index (κ2) is 6.30. The molecule has 2 rings (SSSR count). The first kappa shape index (κ1) is 13.5. The molecule has 0 spiro atoms. The van der Waals surface area contributed by atoms with Gasteiger partial charge in [0, 0.05) is 30.0 Å². The summed E-state index contributed by atoms with van der Waals surface area (Å²) in [6.07, 6.45) is 1.48. The smallest absolute Gasteiger partial charge is 0.196 e. The molecule has 1 aromatic carbocycles. The molecule has 5 heteroatoms. The second-order valence-corrected chi connectivity index (χ2v) is 4.91. The lowest BCUT2D eigenvalue weighted by molar-refractivity contribution is 0.977. The minimum absolute atomic E-state index is 0.712. The lowest BCUT2D eigenvalue weighted by atomic mass is 10.1. The van der Waals surface area contributed by atoms with Crippen molar-refractivity contribution in [3.63, 3.8) is 0 Å². The predicted octanol–water partition coefficient (Wildman–Crippen LogP) is 2.96. The van der Waals surface area contributed by atoms with Crippen LogP contribution in [-0.4, -0.2) is 21.7 Å². The Morgan fingerprint density at radius 3 is 2.79 bits per heavy atom.